The standard InChI is InChI=1S/C9H18O5/c1-11-5-7-9(13-3)6(12-2)4-8(10)14-7/h6-10H,4-5H2,1-3H3/t6-,7+,8+,9-/m1/s1. The molecule has 1 aliphatic heterocycles. The summed E-state index contributed by atoms with van der Waals surface area (Å²) in [5, 5.41) is 9.41. The molecule has 0 amide bonds. The van der Waals surface area contributed by atoms with E-state index in [1.807, 2.05) is 0 Å². The Kier molecular flexibility index (Phi) is 4.77. The molecule has 5 nitrogen and oxygen atoms in total. The molecule has 0 unspecified atom stereocenters. The Balaban J connectivity index is 2.60. The molecule has 4 atom stereocenters. The average Bonchev–Trinajstić information content (AvgIpc) is 2.17. The molecule has 1 fully saturated rings. The Morgan fingerprint density at radius 3 is 2.50 bits per heavy atom. The highest BCUT2D eigenvalue weighted by atomic mass is 16.6. The van der Waals surface area contributed by atoms with Crippen LogP contribution in [-0.2, 0) is 18.9 Å². The lowest BCUT2D eigenvalue weighted by atomic mass is 10.0. The first-order valence-corrected chi connectivity index (χ1v) is 4.61. The lowest BCUT2D eigenvalue weighted by Gasteiger charge is -2.38. The van der Waals surface area contributed by atoms with Crippen LogP contribution in [0.4, 0.5) is 0 Å². The average molecular weight is 206 g/mol. The summed E-state index contributed by atoms with van der Waals surface area (Å²) in [5.41, 5.74) is 0. The maximum absolute atomic E-state index is 9.41. The lowest BCUT2D eigenvalue weighted by Crippen LogP contribution is -2.51. The van der Waals surface area contributed by atoms with E-state index in [0.29, 0.717) is 13.0 Å². The van der Waals surface area contributed by atoms with E-state index in [1.54, 1.807) is 21.3 Å². The zero-order chi connectivity index (χ0) is 10.6. The highest BCUT2D eigenvalue weighted by Gasteiger charge is 2.38. The highest BCUT2D eigenvalue weighted by molar-refractivity contribution is 4.84. The van der Waals surface area contributed by atoms with Crippen LogP contribution in [0.1, 0.15) is 6.42 Å². The van der Waals surface area contributed by atoms with E-state index in [-0.39, 0.29) is 18.3 Å². The fraction of sp³-hybridized carbons (Fsp3) is 1.00. The quantitative estimate of drug-likeness (QED) is 0.688. The predicted molar refractivity (Wildman–Crippen MR) is 49.0 cm³/mol. The molecule has 0 aliphatic carbocycles. The summed E-state index contributed by atoms with van der Waals surface area (Å²) < 4.78 is 20.8. The fourth-order valence-electron chi connectivity index (χ4n) is 1.74. The van der Waals surface area contributed by atoms with E-state index >= 15 is 0 Å². The second-order valence-corrected chi connectivity index (χ2v) is 3.29. The van der Waals surface area contributed by atoms with Gasteiger partial charge in [-0.25, -0.2) is 0 Å². The van der Waals surface area contributed by atoms with Gasteiger partial charge >= 0.3 is 0 Å². The third-order valence-corrected chi connectivity index (χ3v) is 2.40. The highest BCUT2D eigenvalue weighted by Crippen LogP contribution is 2.23. The maximum Gasteiger partial charge on any atom is 0.157 e. The van der Waals surface area contributed by atoms with Crippen LogP contribution in [0.5, 0.6) is 0 Å². The van der Waals surface area contributed by atoms with Crippen molar-refractivity contribution in [3.63, 3.8) is 0 Å². The molecule has 0 aromatic heterocycles. The van der Waals surface area contributed by atoms with Crippen LogP contribution in [-0.4, -0.2) is 57.6 Å². The van der Waals surface area contributed by atoms with Gasteiger partial charge < -0.3 is 24.1 Å². The van der Waals surface area contributed by atoms with Crippen molar-refractivity contribution in [3.05, 3.63) is 0 Å². The third kappa shape index (κ3) is 2.65. The zero-order valence-electron chi connectivity index (χ0n) is 8.80. The second kappa shape index (κ2) is 5.63. The third-order valence-electron chi connectivity index (χ3n) is 2.40. The van der Waals surface area contributed by atoms with Gasteiger partial charge in [-0.2, -0.15) is 0 Å². The molecule has 0 aromatic carbocycles. The molecule has 5 heteroatoms. The van der Waals surface area contributed by atoms with Crippen molar-refractivity contribution >= 4 is 0 Å². The maximum atomic E-state index is 9.41. The molecule has 14 heavy (non-hydrogen) atoms. The van der Waals surface area contributed by atoms with Gasteiger partial charge in [0.15, 0.2) is 6.29 Å². The second-order valence-electron chi connectivity index (χ2n) is 3.29. The number of aliphatic hydroxyl groups excluding tert-OH is 1. The van der Waals surface area contributed by atoms with E-state index in [0.717, 1.165) is 0 Å². The first kappa shape index (κ1) is 11.9. The number of hydrogen-bond acceptors (Lipinski definition) is 5. The number of methoxy groups -OCH3 is 3. The first-order valence-electron chi connectivity index (χ1n) is 4.61. The Morgan fingerprint density at radius 1 is 1.29 bits per heavy atom. The van der Waals surface area contributed by atoms with Gasteiger partial charge in [-0.05, 0) is 0 Å². The fourth-order valence-corrected chi connectivity index (χ4v) is 1.74. The van der Waals surface area contributed by atoms with E-state index in [9.17, 15) is 5.11 Å². The summed E-state index contributed by atoms with van der Waals surface area (Å²) in [7, 11) is 4.78. The molecule has 84 valence electrons. The normalized spacial score (nSPS) is 38.6. The molecule has 0 aromatic rings. The van der Waals surface area contributed by atoms with Crippen molar-refractivity contribution < 1.29 is 24.1 Å². The summed E-state index contributed by atoms with van der Waals surface area (Å²) in [6, 6.07) is 0. The number of hydrogen-bond donors (Lipinski definition) is 1. The van der Waals surface area contributed by atoms with Crippen molar-refractivity contribution in [1.82, 2.24) is 0 Å². The molecular weight excluding hydrogens is 188 g/mol. The summed E-state index contributed by atoms with van der Waals surface area (Å²) in [4.78, 5) is 0. The van der Waals surface area contributed by atoms with Gasteiger partial charge in [-0.1, -0.05) is 0 Å². The van der Waals surface area contributed by atoms with Crippen LogP contribution in [0.25, 0.3) is 0 Å². The molecule has 0 bridgehead atoms. The Labute approximate surface area is 83.9 Å². The van der Waals surface area contributed by atoms with E-state index in [1.165, 1.54) is 0 Å². The lowest BCUT2D eigenvalue weighted by molar-refractivity contribution is -0.250. The number of aliphatic hydroxyl groups is 1. The minimum atomic E-state index is -0.800. The van der Waals surface area contributed by atoms with E-state index < -0.39 is 6.29 Å². The van der Waals surface area contributed by atoms with Gasteiger partial charge in [-0.3, -0.25) is 0 Å². The Bertz CT molecular complexity index is 163. The van der Waals surface area contributed by atoms with E-state index in [2.05, 4.69) is 0 Å². The molecule has 1 rings (SSSR count). The summed E-state index contributed by atoms with van der Waals surface area (Å²) >= 11 is 0. The number of ether oxygens (including phenoxy) is 4. The van der Waals surface area contributed by atoms with Crippen LogP contribution in [0, 0.1) is 0 Å². The molecule has 1 N–H and O–H groups in total. The van der Waals surface area contributed by atoms with Crippen molar-refractivity contribution in [3.8, 4) is 0 Å². The van der Waals surface area contributed by atoms with Crippen molar-refractivity contribution in [1.29, 1.82) is 0 Å². The monoisotopic (exact) mass is 206 g/mol. The molecule has 1 heterocycles. The largest absolute Gasteiger partial charge is 0.382 e. The Morgan fingerprint density at radius 2 is 2.00 bits per heavy atom. The van der Waals surface area contributed by atoms with Gasteiger partial charge in [0.25, 0.3) is 0 Å². The van der Waals surface area contributed by atoms with Crippen molar-refractivity contribution in [2.45, 2.75) is 31.0 Å². The molecule has 0 saturated carbocycles. The molecule has 1 saturated heterocycles. The summed E-state index contributed by atoms with van der Waals surface area (Å²) in [5.74, 6) is 0. The van der Waals surface area contributed by atoms with Gasteiger partial charge in [0, 0.05) is 27.8 Å². The van der Waals surface area contributed by atoms with E-state index in [4.69, 9.17) is 18.9 Å². The minimum absolute atomic E-state index is 0.149. The van der Waals surface area contributed by atoms with Gasteiger partial charge in [-0.15, -0.1) is 0 Å². The SMILES string of the molecule is COC[C@@H]1O[C@H](O)C[C@@H](OC)[C@H]1OC. The minimum Gasteiger partial charge on any atom is -0.382 e. The van der Waals surface area contributed by atoms with Crippen LogP contribution in [0.15, 0.2) is 0 Å². The zero-order valence-corrected chi connectivity index (χ0v) is 8.80. The smallest absolute Gasteiger partial charge is 0.157 e. The van der Waals surface area contributed by atoms with Crippen LogP contribution in [0.2, 0.25) is 0 Å². The summed E-state index contributed by atoms with van der Waals surface area (Å²) in [6.45, 7) is 0.384. The van der Waals surface area contributed by atoms with Crippen LogP contribution >= 0.6 is 0 Å². The van der Waals surface area contributed by atoms with Crippen LogP contribution in [0.3, 0.4) is 0 Å². The van der Waals surface area contributed by atoms with Crippen molar-refractivity contribution in [2.24, 2.45) is 0 Å². The van der Waals surface area contributed by atoms with Gasteiger partial charge in [0.05, 0.1) is 12.7 Å². The number of rotatable bonds is 4. The summed E-state index contributed by atoms with van der Waals surface area (Å²) in [6.07, 6.45) is -0.993. The molecule has 1 aliphatic rings. The predicted octanol–water partition coefficient (Wildman–Crippen LogP) is -0.230. The van der Waals surface area contributed by atoms with Crippen LogP contribution < -0.4 is 0 Å². The molecular formula is C9H18O5. The van der Waals surface area contributed by atoms with Gasteiger partial charge in [0.2, 0.25) is 0 Å². The van der Waals surface area contributed by atoms with Gasteiger partial charge in [0.1, 0.15) is 12.2 Å². The molecule has 0 spiro atoms. The topological polar surface area (TPSA) is 57.2 Å². The van der Waals surface area contributed by atoms with Crippen molar-refractivity contribution in [2.75, 3.05) is 27.9 Å². The Hall–Kier alpha value is -0.200. The first-order chi connectivity index (χ1) is 6.72. The molecule has 0 radical (unpaired) electrons.